The first-order chi connectivity index (χ1) is 14.1. The van der Waals surface area contributed by atoms with Gasteiger partial charge in [-0.05, 0) is 25.0 Å². The molecule has 0 radical (unpaired) electrons. The minimum absolute atomic E-state index is 0.119. The maximum atomic E-state index is 13.0. The molecule has 152 valence electrons. The smallest absolute Gasteiger partial charge is 0.274 e. The van der Waals surface area contributed by atoms with Crippen LogP contribution in [0.4, 0.5) is 0 Å². The number of ether oxygens (including phenoxy) is 1. The van der Waals surface area contributed by atoms with E-state index >= 15 is 0 Å². The Labute approximate surface area is 173 Å². The molecule has 1 atom stereocenters. The van der Waals surface area contributed by atoms with Crippen molar-refractivity contribution in [2.45, 2.75) is 25.4 Å². The van der Waals surface area contributed by atoms with Gasteiger partial charge in [0.2, 0.25) is 5.91 Å². The fourth-order valence-electron chi connectivity index (χ4n) is 3.90. The Kier molecular flexibility index (Phi) is 5.64. The van der Waals surface area contributed by atoms with E-state index in [0.29, 0.717) is 31.8 Å². The Morgan fingerprint density at radius 3 is 2.97 bits per heavy atom. The summed E-state index contributed by atoms with van der Waals surface area (Å²) in [6, 6.07) is 9.85. The van der Waals surface area contributed by atoms with Crippen LogP contribution in [0.5, 0.6) is 0 Å². The second kappa shape index (κ2) is 8.34. The van der Waals surface area contributed by atoms with Crippen LogP contribution in [0.15, 0.2) is 35.7 Å². The molecule has 29 heavy (non-hydrogen) atoms. The molecule has 3 heterocycles. The Bertz CT molecular complexity index is 1040. The van der Waals surface area contributed by atoms with Crippen molar-refractivity contribution >= 4 is 34.1 Å². The van der Waals surface area contributed by atoms with Crippen molar-refractivity contribution in [3.63, 3.8) is 0 Å². The molecule has 1 saturated heterocycles. The van der Waals surface area contributed by atoms with Crippen molar-refractivity contribution in [1.82, 2.24) is 19.8 Å². The second-order valence-electron chi connectivity index (χ2n) is 7.04. The molecule has 0 spiro atoms. The zero-order valence-electron chi connectivity index (χ0n) is 16.6. The Morgan fingerprint density at radius 1 is 1.34 bits per heavy atom. The second-order valence-corrected chi connectivity index (χ2v) is 7.90. The third-order valence-electron chi connectivity index (χ3n) is 5.33. The van der Waals surface area contributed by atoms with E-state index in [1.54, 1.807) is 24.4 Å². The standard InChI is InChI=1S/C21H24N4O3S/c1-22-19(26)17-8-5-9-25(17)21(27)15-13-29-20(23-15)18-12-14-6-3-4-7-16(14)24(18)10-11-28-2/h3-4,6-7,12-13,17H,5,8-11H2,1-2H3,(H,22,26). The number of para-hydroxylation sites is 1. The van der Waals surface area contributed by atoms with Gasteiger partial charge in [0.25, 0.3) is 5.91 Å². The van der Waals surface area contributed by atoms with E-state index in [0.717, 1.165) is 28.0 Å². The Balaban J connectivity index is 1.66. The van der Waals surface area contributed by atoms with Gasteiger partial charge >= 0.3 is 0 Å². The van der Waals surface area contributed by atoms with E-state index in [4.69, 9.17) is 4.74 Å². The zero-order valence-corrected chi connectivity index (χ0v) is 17.4. The molecule has 1 fully saturated rings. The number of amides is 2. The summed E-state index contributed by atoms with van der Waals surface area (Å²) in [6.45, 7) is 1.87. The predicted molar refractivity (Wildman–Crippen MR) is 113 cm³/mol. The highest BCUT2D eigenvalue weighted by atomic mass is 32.1. The van der Waals surface area contributed by atoms with Gasteiger partial charge in [-0.15, -0.1) is 11.3 Å². The summed E-state index contributed by atoms with van der Waals surface area (Å²) in [5, 5.41) is 6.35. The van der Waals surface area contributed by atoms with Gasteiger partial charge in [-0.25, -0.2) is 4.98 Å². The van der Waals surface area contributed by atoms with E-state index in [2.05, 4.69) is 33.1 Å². The normalized spacial score (nSPS) is 16.5. The number of benzene rings is 1. The van der Waals surface area contributed by atoms with Gasteiger partial charge in [0, 0.05) is 43.5 Å². The number of likely N-dealkylation sites (tertiary alicyclic amines) is 1. The molecule has 7 nitrogen and oxygen atoms in total. The number of fused-ring (bicyclic) bond motifs is 1. The molecule has 0 aliphatic carbocycles. The van der Waals surface area contributed by atoms with Crippen LogP contribution < -0.4 is 5.32 Å². The van der Waals surface area contributed by atoms with Crippen molar-refractivity contribution in [1.29, 1.82) is 0 Å². The Morgan fingerprint density at radius 2 is 2.17 bits per heavy atom. The number of carbonyl (C=O) groups excluding carboxylic acids is 2. The van der Waals surface area contributed by atoms with E-state index in [9.17, 15) is 9.59 Å². The zero-order chi connectivity index (χ0) is 20.4. The molecule has 4 rings (SSSR count). The average molecular weight is 413 g/mol. The van der Waals surface area contributed by atoms with Gasteiger partial charge in [0.1, 0.15) is 16.7 Å². The number of rotatable bonds is 6. The third kappa shape index (κ3) is 3.65. The van der Waals surface area contributed by atoms with Crippen LogP contribution in [-0.2, 0) is 16.1 Å². The lowest BCUT2D eigenvalue weighted by molar-refractivity contribution is -0.124. The number of carbonyl (C=O) groups is 2. The minimum atomic E-state index is -0.411. The molecule has 1 aliphatic heterocycles. The van der Waals surface area contributed by atoms with Crippen LogP contribution in [0, 0.1) is 0 Å². The van der Waals surface area contributed by atoms with Crippen LogP contribution in [0.3, 0.4) is 0 Å². The highest BCUT2D eigenvalue weighted by Gasteiger charge is 2.35. The predicted octanol–water partition coefficient (Wildman–Crippen LogP) is 2.76. The van der Waals surface area contributed by atoms with Gasteiger partial charge < -0.3 is 19.5 Å². The lowest BCUT2D eigenvalue weighted by Crippen LogP contribution is -2.45. The fraction of sp³-hybridized carbons (Fsp3) is 0.381. The van der Waals surface area contributed by atoms with Gasteiger partial charge in [-0.3, -0.25) is 9.59 Å². The fourth-order valence-corrected chi connectivity index (χ4v) is 4.71. The number of likely N-dealkylation sites (N-methyl/N-ethyl adjacent to an activating group) is 1. The summed E-state index contributed by atoms with van der Waals surface area (Å²) in [5.74, 6) is -0.302. The summed E-state index contributed by atoms with van der Waals surface area (Å²) in [5.41, 5.74) is 2.47. The maximum absolute atomic E-state index is 13.0. The molecule has 0 bridgehead atoms. The molecule has 1 aliphatic rings. The summed E-state index contributed by atoms with van der Waals surface area (Å²) in [7, 11) is 3.29. The van der Waals surface area contributed by atoms with Gasteiger partial charge in [0.15, 0.2) is 0 Å². The number of hydrogen-bond donors (Lipinski definition) is 1. The maximum Gasteiger partial charge on any atom is 0.274 e. The molecule has 1 unspecified atom stereocenters. The summed E-state index contributed by atoms with van der Waals surface area (Å²) in [4.78, 5) is 31.4. The largest absolute Gasteiger partial charge is 0.383 e. The quantitative estimate of drug-likeness (QED) is 0.675. The van der Waals surface area contributed by atoms with Gasteiger partial charge in [0.05, 0.1) is 12.3 Å². The molecular formula is C21H24N4O3S. The summed E-state index contributed by atoms with van der Waals surface area (Å²) >= 11 is 1.45. The summed E-state index contributed by atoms with van der Waals surface area (Å²) in [6.07, 6.45) is 1.51. The lowest BCUT2D eigenvalue weighted by atomic mass is 10.2. The number of methoxy groups -OCH3 is 1. The number of aromatic nitrogens is 2. The molecule has 1 aromatic carbocycles. The average Bonchev–Trinajstić information content (AvgIpc) is 3.49. The van der Waals surface area contributed by atoms with Crippen LogP contribution in [0.25, 0.3) is 21.6 Å². The van der Waals surface area contributed by atoms with Crippen molar-refractivity contribution in [3.8, 4) is 10.7 Å². The number of nitrogens with zero attached hydrogens (tertiary/aromatic N) is 3. The first-order valence-electron chi connectivity index (χ1n) is 9.69. The van der Waals surface area contributed by atoms with Crippen LogP contribution >= 0.6 is 11.3 Å². The first kappa shape index (κ1) is 19.6. The van der Waals surface area contributed by atoms with Crippen molar-refractivity contribution < 1.29 is 14.3 Å². The molecule has 1 N–H and O–H groups in total. The minimum Gasteiger partial charge on any atom is -0.383 e. The van der Waals surface area contributed by atoms with Crippen LogP contribution in [-0.4, -0.2) is 59.6 Å². The number of thiazole rings is 1. The monoisotopic (exact) mass is 412 g/mol. The molecule has 3 aromatic rings. The topological polar surface area (TPSA) is 76.5 Å². The highest BCUT2D eigenvalue weighted by Crippen LogP contribution is 2.31. The highest BCUT2D eigenvalue weighted by molar-refractivity contribution is 7.13. The van der Waals surface area contributed by atoms with E-state index in [-0.39, 0.29) is 11.8 Å². The molecular weight excluding hydrogens is 388 g/mol. The SMILES string of the molecule is CNC(=O)C1CCCN1C(=O)c1csc(-c2cc3ccccc3n2CCOC)n1. The Hall–Kier alpha value is -2.71. The van der Waals surface area contributed by atoms with Crippen molar-refractivity contribution in [3.05, 3.63) is 41.4 Å². The van der Waals surface area contributed by atoms with E-state index < -0.39 is 6.04 Å². The number of hydrogen-bond acceptors (Lipinski definition) is 5. The van der Waals surface area contributed by atoms with Gasteiger partial charge in [-0.2, -0.15) is 0 Å². The lowest BCUT2D eigenvalue weighted by Gasteiger charge is -2.22. The summed E-state index contributed by atoms with van der Waals surface area (Å²) < 4.78 is 7.45. The molecule has 2 amide bonds. The third-order valence-corrected chi connectivity index (χ3v) is 6.20. The van der Waals surface area contributed by atoms with Crippen LogP contribution in [0.2, 0.25) is 0 Å². The van der Waals surface area contributed by atoms with Crippen molar-refractivity contribution in [2.75, 3.05) is 27.3 Å². The van der Waals surface area contributed by atoms with E-state index in [1.165, 1.54) is 11.3 Å². The first-order valence-corrected chi connectivity index (χ1v) is 10.6. The number of nitrogens with one attached hydrogen (secondary N) is 1. The molecule has 2 aromatic heterocycles. The molecule has 8 heteroatoms. The van der Waals surface area contributed by atoms with E-state index in [1.807, 2.05) is 12.1 Å². The van der Waals surface area contributed by atoms with Crippen molar-refractivity contribution in [2.24, 2.45) is 0 Å². The van der Waals surface area contributed by atoms with Gasteiger partial charge in [-0.1, -0.05) is 18.2 Å². The van der Waals surface area contributed by atoms with Crippen LogP contribution in [0.1, 0.15) is 23.3 Å². The molecule has 0 saturated carbocycles.